The van der Waals surface area contributed by atoms with E-state index >= 15 is 0 Å². The zero-order chi connectivity index (χ0) is 18.3. The molecule has 0 bridgehead atoms. The number of nitrogens with zero attached hydrogens (tertiary/aromatic N) is 4. The predicted octanol–water partition coefficient (Wildman–Crippen LogP) is 1.15. The third-order valence-electron chi connectivity index (χ3n) is 4.22. The largest absolute Gasteiger partial charge is 0.457 e. The lowest BCUT2D eigenvalue weighted by Crippen LogP contribution is -2.39. The highest BCUT2D eigenvalue weighted by atomic mass is 16.8. The second kappa shape index (κ2) is 6.42. The molecule has 2 aliphatic heterocycles. The van der Waals surface area contributed by atoms with Crippen molar-refractivity contribution < 1.29 is 23.7 Å². The molecule has 2 aromatic rings. The number of carbonyl (C=O) groups is 1. The van der Waals surface area contributed by atoms with E-state index in [0.29, 0.717) is 12.2 Å². The van der Waals surface area contributed by atoms with E-state index in [1.165, 1.54) is 6.92 Å². The molecule has 0 radical (unpaired) electrons. The standard InChI is InChI=1S/C17H20N4O5/c1-10(22)23-14-13(24-16-15(14)25-17(2,3)26-16)9-21-8-12(19-20-21)11-6-4-5-7-18-11/h4-8,13-16H,9H2,1-3H3/t13-,14+,15-,16-/m1/s1. The summed E-state index contributed by atoms with van der Waals surface area (Å²) in [5, 5.41) is 8.25. The van der Waals surface area contributed by atoms with Gasteiger partial charge in [0.05, 0.1) is 18.4 Å². The fourth-order valence-electron chi connectivity index (χ4n) is 3.23. The van der Waals surface area contributed by atoms with Crippen LogP contribution in [0.1, 0.15) is 20.8 Å². The third kappa shape index (κ3) is 3.33. The molecule has 2 saturated heterocycles. The first-order valence-corrected chi connectivity index (χ1v) is 8.41. The van der Waals surface area contributed by atoms with Gasteiger partial charge in [-0.2, -0.15) is 0 Å². The van der Waals surface area contributed by atoms with Gasteiger partial charge >= 0.3 is 5.97 Å². The second-order valence-corrected chi connectivity index (χ2v) is 6.76. The van der Waals surface area contributed by atoms with E-state index in [9.17, 15) is 4.79 Å². The molecule has 0 spiro atoms. The lowest BCUT2D eigenvalue weighted by Gasteiger charge is -2.25. The fourth-order valence-corrected chi connectivity index (χ4v) is 3.23. The molecule has 2 aliphatic rings. The number of rotatable bonds is 4. The first kappa shape index (κ1) is 17.1. The van der Waals surface area contributed by atoms with Gasteiger partial charge in [-0.25, -0.2) is 4.68 Å². The molecule has 4 rings (SSSR count). The Morgan fingerprint density at radius 2 is 2.15 bits per heavy atom. The minimum atomic E-state index is -0.780. The van der Waals surface area contributed by atoms with Crippen LogP contribution < -0.4 is 0 Å². The summed E-state index contributed by atoms with van der Waals surface area (Å²) >= 11 is 0. The molecule has 4 heterocycles. The molecule has 0 aliphatic carbocycles. The van der Waals surface area contributed by atoms with Crippen LogP contribution in [0.2, 0.25) is 0 Å². The number of hydrogen-bond donors (Lipinski definition) is 0. The van der Waals surface area contributed by atoms with Gasteiger partial charge in [-0.05, 0) is 26.0 Å². The smallest absolute Gasteiger partial charge is 0.303 e. The van der Waals surface area contributed by atoms with Crippen LogP contribution in [-0.2, 0) is 30.3 Å². The van der Waals surface area contributed by atoms with Crippen molar-refractivity contribution in [1.29, 1.82) is 0 Å². The molecule has 26 heavy (non-hydrogen) atoms. The summed E-state index contributed by atoms with van der Waals surface area (Å²) in [6.07, 6.45) is 1.37. The maximum atomic E-state index is 11.5. The number of aromatic nitrogens is 4. The van der Waals surface area contributed by atoms with Gasteiger partial charge in [0.2, 0.25) is 0 Å². The van der Waals surface area contributed by atoms with Gasteiger partial charge in [-0.15, -0.1) is 5.10 Å². The average molecular weight is 360 g/mol. The summed E-state index contributed by atoms with van der Waals surface area (Å²) in [7, 11) is 0. The highest BCUT2D eigenvalue weighted by Crippen LogP contribution is 2.39. The Balaban J connectivity index is 1.50. The van der Waals surface area contributed by atoms with Crippen LogP contribution >= 0.6 is 0 Å². The molecular formula is C17H20N4O5. The van der Waals surface area contributed by atoms with Crippen LogP contribution in [0.15, 0.2) is 30.6 Å². The predicted molar refractivity (Wildman–Crippen MR) is 87.5 cm³/mol. The highest BCUT2D eigenvalue weighted by Gasteiger charge is 2.56. The molecule has 9 nitrogen and oxygen atoms in total. The molecule has 2 fully saturated rings. The third-order valence-corrected chi connectivity index (χ3v) is 4.22. The van der Waals surface area contributed by atoms with Crippen LogP contribution in [-0.4, -0.2) is 56.3 Å². The average Bonchev–Trinajstić information content (AvgIpc) is 3.24. The molecule has 0 aromatic carbocycles. The zero-order valence-electron chi connectivity index (χ0n) is 14.7. The second-order valence-electron chi connectivity index (χ2n) is 6.76. The van der Waals surface area contributed by atoms with Crippen molar-refractivity contribution in [3.63, 3.8) is 0 Å². The summed E-state index contributed by atoms with van der Waals surface area (Å²) in [5.41, 5.74) is 1.38. The Hall–Kier alpha value is -2.36. The molecule has 138 valence electrons. The van der Waals surface area contributed by atoms with Crippen molar-refractivity contribution in [1.82, 2.24) is 20.0 Å². The minimum Gasteiger partial charge on any atom is -0.457 e. The number of esters is 1. The van der Waals surface area contributed by atoms with Gasteiger partial charge in [0.15, 0.2) is 24.3 Å². The first-order chi connectivity index (χ1) is 12.4. The monoisotopic (exact) mass is 360 g/mol. The van der Waals surface area contributed by atoms with Crippen LogP contribution in [0.4, 0.5) is 0 Å². The lowest BCUT2D eigenvalue weighted by molar-refractivity contribution is -0.220. The minimum absolute atomic E-state index is 0.345. The number of pyridine rings is 1. The van der Waals surface area contributed by atoms with E-state index in [0.717, 1.165) is 5.69 Å². The molecule has 4 atom stereocenters. The van der Waals surface area contributed by atoms with Crippen LogP contribution in [0.3, 0.4) is 0 Å². The van der Waals surface area contributed by atoms with Gasteiger partial charge < -0.3 is 18.9 Å². The molecule has 0 N–H and O–H groups in total. The van der Waals surface area contributed by atoms with Crippen LogP contribution in [0, 0.1) is 0 Å². The van der Waals surface area contributed by atoms with Crippen LogP contribution in [0.25, 0.3) is 11.4 Å². The Morgan fingerprint density at radius 3 is 2.88 bits per heavy atom. The Bertz CT molecular complexity index is 793. The molecule has 2 aromatic heterocycles. The van der Waals surface area contributed by atoms with Gasteiger partial charge in [-0.1, -0.05) is 11.3 Å². The van der Waals surface area contributed by atoms with Crippen molar-refractivity contribution in [2.45, 2.75) is 57.7 Å². The van der Waals surface area contributed by atoms with Crippen LogP contribution in [0.5, 0.6) is 0 Å². The summed E-state index contributed by atoms with van der Waals surface area (Å²) in [6, 6.07) is 5.58. The van der Waals surface area contributed by atoms with E-state index < -0.39 is 36.4 Å². The Kier molecular flexibility index (Phi) is 4.22. The first-order valence-electron chi connectivity index (χ1n) is 8.41. The van der Waals surface area contributed by atoms with E-state index in [1.807, 2.05) is 18.2 Å². The SMILES string of the molecule is CC(=O)O[C@@H]1[C@H]2OC(C)(C)O[C@H]2O[C@@H]1Cn1cc(-c2ccccn2)nn1. The number of hydrogen-bond acceptors (Lipinski definition) is 8. The molecule has 0 unspecified atom stereocenters. The number of fused-ring (bicyclic) bond motifs is 1. The van der Waals surface area contributed by atoms with E-state index in [2.05, 4.69) is 15.3 Å². The Morgan fingerprint density at radius 1 is 1.31 bits per heavy atom. The van der Waals surface area contributed by atoms with Gasteiger partial charge in [-0.3, -0.25) is 9.78 Å². The normalized spacial score (nSPS) is 29.5. The summed E-state index contributed by atoms with van der Waals surface area (Å²) in [6.45, 7) is 5.30. The number of carbonyl (C=O) groups excluding carboxylic acids is 1. The maximum absolute atomic E-state index is 11.5. The quantitative estimate of drug-likeness (QED) is 0.749. The Labute approximate surface area is 150 Å². The van der Waals surface area contributed by atoms with E-state index in [-0.39, 0.29) is 0 Å². The van der Waals surface area contributed by atoms with E-state index in [4.69, 9.17) is 18.9 Å². The van der Waals surface area contributed by atoms with Gasteiger partial charge in [0.1, 0.15) is 11.8 Å². The number of ether oxygens (including phenoxy) is 4. The topological polar surface area (TPSA) is 97.6 Å². The molecule has 0 amide bonds. The summed E-state index contributed by atoms with van der Waals surface area (Å²) in [4.78, 5) is 15.8. The van der Waals surface area contributed by atoms with Gasteiger partial charge in [0, 0.05) is 13.1 Å². The summed E-state index contributed by atoms with van der Waals surface area (Å²) in [5.74, 6) is -1.18. The van der Waals surface area contributed by atoms with Crippen molar-refractivity contribution in [2.24, 2.45) is 0 Å². The molecule has 9 heteroatoms. The lowest BCUT2D eigenvalue weighted by atomic mass is 10.1. The van der Waals surface area contributed by atoms with Gasteiger partial charge in [0.25, 0.3) is 0 Å². The fraction of sp³-hybridized carbons (Fsp3) is 0.529. The molecule has 0 saturated carbocycles. The maximum Gasteiger partial charge on any atom is 0.303 e. The van der Waals surface area contributed by atoms with Crippen molar-refractivity contribution in [2.75, 3.05) is 0 Å². The highest BCUT2D eigenvalue weighted by molar-refractivity contribution is 5.66. The molecular weight excluding hydrogens is 340 g/mol. The van der Waals surface area contributed by atoms with Crippen molar-refractivity contribution in [3.8, 4) is 11.4 Å². The van der Waals surface area contributed by atoms with E-state index in [1.54, 1.807) is 30.9 Å². The van der Waals surface area contributed by atoms with Crippen molar-refractivity contribution >= 4 is 5.97 Å². The zero-order valence-corrected chi connectivity index (χ0v) is 14.7. The van der Waals surface area contributed by atoms with Crippen molar-refractivity contribution in [3.05, 3.63) is 30.6 Å². The summed E-state index contributed by atoms with van der Waals surface area (Å²) < 4.78 is 24.6.